The molecule has 0 aliphatic carbocycles. The van der Waals surface area contributed by atoms with E-state index in [2.05, 4.69) is 4.74 Å². The Morgan fingerprint density at radius 3 is 2.52 bits per heavy atom. The number of nitrogens with zero attached hydrogens (tertiary/aromatic N) is 1. The molecule has 0 spiro atoms. The SMILES string of the molecule is Cc1c(C(N)=O)c(-c2cccc(OC(F)(F)F)c2)c(C)n1CCCO. The molecular weight excluding hydrogens is 337 g/mol. The molecule has 0 saturated heterocycles. The Hall–Kier alpha value is -2.48. The molecule has 2 aromatic rings. The van der Waals surface area contributed by atoms with Gasteiger partial charge in [-0.3, -0.25) is 4.79 Å². The van der Waals surface area contributed by atoms with Crippen molar-refractivity contribution in [2.24, 2.45) is 5.73 Å². The van der Waals surface area contributed by atoms with Crippen molar-refractivity contribution in [2.75, 3.05) is 6.61 Å². The van der Waals surface area contributed by atoms with Gasteiger partial charge in [0.1, 0.15) is 5.75 Å². The van der Waals surface area contributed by atoms with Crippen molar-refractivity contribution in [3.63, 3.8) is 0 Å². The summed E-state index contributed by atoms with van der Waals surface area (Å²) in [4.78, 5) is 11.9. The van der Waals surface area contributed by atoms with Gasteiger partial charge in [-0.1, -0.05) is 12.1 Å². The van der Waals surface area contributed by atoms with Crippen molar-refractivity contribution in [3.8, 4) is 16.9 Å². The normalized spacial score (nSPS) is 11.6. The summed E-state index contributed by atoms with van der Waals surface area (Å²) >= 11 is 0. The first-order valence-electron chi connectivity index (χ1n) is 7.62. The maximum absolute atomic E-state index is 12.4. The quantitative estimate of drug-likeness (QED) is 0.835. The van der Waals surface area contributed by atoms with Crippen LogP contribution in [0.3, 0.4) is 0 Å². The predicted octanol–water partition coefficient (Wildman–Crippen LogP) is 3.15. The zero-order chi connectivity index (χ0) is 18.8. The fraction of sp³-hybridized carbons (Fsp3) is 0.353. The van der Waals surface area contributed by atoms with Crippen LogP contribution < -0.4 is 10.5 Å². The van der Waals surface area contributed by atoms with Crippen LogP contribution in [0.5, 0.6) is 5.75 Å². The number of alkyl halides is 3. The van der Waals surface area contributed by atoms with Gasteiger partial charge in [-0.15, -0.1) is 13.2 Å². The minimum absolute atomic E-state index is 0.0206. The third-order valence-electron chi connectivity index (χ3n) is 3.93. The molecule has 136 valence electrons. The summed E-state index contributed by atoms with van der Waals surface area (Å²) in [5.74, 6) is -1.04. The van der Waals surface area contributed by atoms with Gasteiger partial charge in [0, 0.05) is 30.1 Å². The maximum atomic E-state index is 12.4. The number of hydrogen-bond donors (Lipinski definition) is 2. The molecule has 0 fully saturated rings. The molecule has 1 amide bonds. The van der Waals surface area contributed by atoms with Crippen molar-refractivity contribution in [2.45, 2.75) is 33.2 Å². The smallest absolute Gasteiger partial charge is 0.406 e. The summed E-state index contributed by atoms with van der Waals surface area (Å²) in [6.45, 7) is 3.91. The van der Waals surface area contributed by atoms with Gasteiger partial charge in [-0.25, -0.2) is 0 Å². The zero-order valence-corrected chi connectivity index (χ0v) is 13.9. The van der Waals surface area contributed by atoms with Crippen LogP contribution in [0.15, 0.2) is 24.3 Å². The molecule has 0 aliphatic rings. The summed E-state index contributed by atoms with van der Waals surface area (Å²) in [5, 5.41) is 9.03. The second-order valence-corrected chi connectivity index (χ2v) is 5.59. The summed E-state index contributed by atoms with van der Waals surface area (Å²) in [6.07, 6.45) is -4.33. The largest absolute Gasteiger partial charge is 0.573 e. The number of hydrogen-bond acceptors (Lipinski definition) is 3. The van der Waals surface area contributed by atoms with Gasteiger partial charge in [0.05, 0.1) is 5.56 Å². The summed E-state index contributed by atoms with van der Waals surface area (Å²) in [5.41, 5.74) is 7.90. The van der Waals surface area contributed by atoms with Gasteiger partial charge in [0.2, 0.25) is 0 Å². The topological polar surface area (TPSA) is 77.5 Å². The molecule has 0 atom stereocenters. The maximum Gasteiger partial charge on any atom is 0.573 e. The highest BCUT2D eigenvalue weighted by molar-refractivity contribution is 6.02. The molecule has 1 aromatic heterocycles. The van der Waals surface area contributed by atoms with Gasteiger partial charge in [-0.2, -0.15) is 0 Å². The average Bonchev–Trinajstić information content (AvgIpc) is 2.75. The van der Waals surface area contributed by atoms with Crippen molar-refractivity contribution < 1.29 is 27.8 Å². The van der Waals surface area contributed by atoms with E-state index in [1.807, 2.05) is 4.57 Å². The molecule has 25 heavy (non-hydrogen) atoms. The molecule has 1 heterocycles. The van der Waals surface area contributed by atoms with Gasteiger partial charge in [0.25, 0.3) is 5.91 Å². The number of primary amides is 1. The average molecular weight is 356 g/mol. The van der Waals surface area contributed by atoms with E-state index in [0.717, 1.165) is 0 Å². The molecular formula is C17H19F3N2O3. The number of rotatable bonds is 6. The molecule has 2 rings (SSSR count). The number of halogens is 3. The highest BCUT2D eigenvalue weighted by atomic mass is 19.4. The standard InChI is InChI=1S/C17H19F3N2O3/c1-10-14(12-5-3-6-13(9-12)25-17(18,19)20)15(16(21)24)11(2)22(10)7-4-8-23/h3,5-6,9,23H,4,7-8H2,1-2H3,(H2,21,24). The number of aromatic nitrogens is 1. The number of carbonyl (C=O) groups is 1. The number of nitrogens with two attached hydrogens (primary N) is 1. The highest BCUT2D eigenvalue weighted by Crippen LogP contribution is 2.35. The number of aliphatic hydroxyl groups excluding tert-OH is 1. The predicted molar refractivity (Wildman–Crippen MR) is 86.2 cm³/mol. The van der Waals surface area contributed by atoms with Crippen LogP contribution in [-0.4, -0.2) is 28.6 Å². The van der Waals surface area contributed by atoms with Gasteiger partial charge >= 0.3 is 6.36 Å². The summed E-state index contributed by atoms with van der Waals surface area (Å²) in [6, 6.07) is 5.42. The highest BCUT2D eigenvalue weighted by Gasteiger charge is 2.31. The lowest BCUT2D eigenvalue weighted by molar-refractivity contribution is -0.274. The lowest BCUT2D eigenvalue weighted by Gasteiger charge is -2.11. The number of amides is 1. The minimum atomic E-state index is -4.80. The van der Waals surface area contributed by atoms with E-state index in [9.17, 15) is 18.0 Å². The van der Waals surface area contributed by atoms with Crippen molar-refractivity contribution in [1.29, 1.82) is 0 Å². The lowest BCUT2D eigenvalue weighted by atomic mass is 10.00. The van der Waals surface area contributed by atoms with Crippen LogP contribution in [0.25, 0.3) is 11.1 Å². The molecule has 0 unspecified atom stereocenters. The fourth-order valence-electron chi connectivity index (χ4n) is 2.95. The van der Waals surface area contributed by atoms with Gasteiger partial charge in [-0.05, 0) is 38.0 Å². The van der Waals surface area contributed by atoms with Crippen molar-refractivity contribution in [1.82, 2.24) is 4.57 Å². The van der Waals surface area contributed by atoms with E-state index < -0.39 is 12.3 Å². The Balaban J connectivity index is 2.58. The molecule has 5 nitrogen and oxygen atoms in total. The summed E-state index contributed by atoms with van der Waals surface area (Å²) < 4.78 is 43.1. The van der Waals surface area contributed by atoms with E-state index in [4.69, 9.17) is 10.8 Å². The van der Waals surface area contributed by atoms with E-state index in [1.54, 1.807) is 19.9 Å². The molecule has 8 heteroatoms. The number of benzene rings is 1. The van der Waals surface area contributed by atoms with Crippen LogP contribution in [0, 0.1) is 13.8 Å². The molecule has 3 N–H and O–H groups in total. The van der Waals surface area contributed by atoms with Crippen LogP contribution >= 0.6 is 0 Å². The van der Waals surface area contributed by atoms with Gasteiger partial charge in [0.15, 0.2) is 0 Å². The molecule has 0 saturated carbocycles. The van der Waals surface area contributed by atoms with Crippen LogP contribution in [0.2, 0.25) is 0 Å². The monoisotopic (exact) mass is 356 g/mol. The first-order valence-corrected chi connectivity index (χ1v) is 7.62. The number of carbonyl (C=O) groups excluding carboxylic acids is 1. The van der Waals surface area contributed by atoms with E-state index >= 15 is 0 Å². The Bertz CT molecular complexity index is 782. The van der Waals surface area contributed by atoms with Crippen molar-refractivity contribution in [3.05, 3.63) is 41.2 Å². The summed E-state index contributed by atoms with van der Waals surface area (Å²) in [7, 11) is 0. The third kappa shape index (κ3) is 4.14. The Morgan fingerprint density at radius 2 is 1.96 bits per heavy atom. The van der Waals surface area contributed by atoms with E-state index in [-0.39, 0.29) is 17.9 Å². The van der Waals surface area contributed by atoms with Crippen LogP contribution in [0.1, 0.15) is 28.2 Å². The minimum Gasteiger partial charge on any atom is -0.406 e. The fourth-order valence-corrected chi connectivity index (χ4v) is 2.95. The molecule has 1 aromatic carbocycles. The molecule has 0 bridgehead atoms. The first kappa shape index (κ1) is 18.9. The van der Waals surface area contributed by atoms with E-state index in [1.165, 1.54) is 18.2 Å². The second kappa shape index (κ2) is 7.18. The number of ether oxygens (including phenoxy) is 1. The van der Waals surface area contributed by atoms with Gasteiger partial charge < -0.3 is 20.1 Å². The van der Waals surface area contributed by atoms with Crippen LogP contribution in [-0.2, 0) is 6.54 Å². The molecule has 0 aliphatic heterocycles. The van der Waals surface area contributed by atoms with E-state index in [0.29, 0.717) is 35.5 Å². The zero-order valence-electron chi connectivity index (χ0n) is 13.9. The Morgan fingerprint density at radius 1 is 1.28 bits per heavy atom. The van der Waals surface area contributed by atoms with Crippen LogP contribution in [0.4, 0.5) is 13.2 Å². The van der Waals surface area contributed by atoms with Crippen molar-refractivity contribution >= 4 is 5.91 Å². The third-order valence-corrected chi connectivity index (χ3v) is 3.93. The second-order valence-electron chi connectivity index (χ2n) is 5.59. The number of aliphatic hydroxyl groups is 1. The first-order chi connectivity index (χ1) is 11.7. The molecule has 0 radical (unpaired) electrons. The lowest BCUT2D eigenvalue weighted by Crippen LogP contribution is -2.17. The Labute approximate surface area is 142 Å². The Kier molecular flexibility index (Phi) is 5.42.